The summed E-state index contributed by atoms with van der Waals surface area (Å²) in [6.07, 6.45) is 0. The van der Waals surface area contributed by atoms with Crippen LogP contribution in [0.4, 0.5) is 25.0 Å². The van der Waals surface area contributed by atoms with E-state index in [0.29, 0.717) is 12.2 Å². The van der Waals surface area contributed by atoms with Gasteiger partial charge in [0.15, 0.2) is 4.87 Å². The van der Waals surface area contributed by atoms with Crippen LogP contribution in [0, 0.1) is 11.6 Å². The molecule has 2 heterocycles. The smallest absolute Gasteiger partial charge is 0.308 e. The highest BCUT2D eigenvalue weighted by molar-refractivity contribution is 8.02. The van der Waals surface area contributed by atoms with E-state index in [9.17, 15) is 18.4 Å². The fraction of sp³-hybridized carbons (Fsp3) is 0.231. The Morgan fingerprint density at radius 3 is 2.26 bits per heavy atom. The maximum Gasteiger partial charge on any atom is 0.323 e. The molecule has 3 aromatic carbocycles. The van der Waals surface area contributed by atoms with Gasteiger partial charge in [-0.15, -0.1) is 11.8 Å². The third-order valence-corrected chi connectivity index (χ3v) is 7.62. The Balaban J connectivity index is 1.55. The molecule has 0 radical (unpaired) electrons. The predicted molar refractivity (Wildman–Crippen MR) is 130 cm³/mol. The third-order valence-electron chi connectivity index (χ3n) is 6.03. The van der Waals surface area contributed by atoms with E-state index in [1.54, 1.807) is 21.9 Å². The molecule has 5 rings (SSSR count). The zero-order chi connectivity index (χ0) is 24.1. The van der Waals surface area contributed by atoms with Crippen LogP contribution in [0.1, 0.15) is 25.0 Å². The van der Waals surface area contributed by atoms with E-state index >= 15 is 0 Å². The Labute approximate surface area is 200 Å². The van der Waals surface area contributed by atoms with Gasteiger partial charge in [-0.3, -0.25) is 9.69 Å². The van der Waals surface area contributed by atoms with Crippen LogP contribution in [0.15, 0.2) is 72.8 Å². The van der Waals surface area contributed by atoms with Crippen LogP contribution in [0.25, 0.3) is 0 Å². The first kappa shape index (κ1) is 22.4. The number of amides is 3. The average molecular weight is 480 g/mol. The SMILES string of the molecule is CC1(C)CN(C(=O)Nc2ccc(F)cc2)[C@@]2(S1)C(=O)N(Cc1ccc(F)cc1)c1ccccc12. The van der Waals surface area contributed by atoms with Crippen LogP contribution in [0.3, 0.4) is 0 Å². The molecule has 1 N–H and O–H groups in total. The number of para-hydroxylation sites is 1. The second kappa shape index (κ2) is 8.13. The van der Waals surface area contributed by atoms with Gasteiger partial charge in [-0.25, -0.2) is 13.6 Å². The quantitative estimate of drug-likeness (QED) is 0.523. The van der Waals surface area contributed by atoms with Crippen molar-refractivity contribution in [2.45, 2.75) is 30.0 Å². The zero-order valence-electron chi connectivity index (χ0n) is 18.7. The van der Waals surface area contributed by atoms with Crippen molar-refractivity contribution in [3.05, 3.63) is 95.6 Å². The lowest BCUT2D eigenvalue weighted by Crippen LogP contribution is -2.51. The van der Waals surface area contributed by atoms with E-state index in [0.717, 1.165) is 16.8 Å². The number of rotatable bonds is 3. The summed E-state index contributed by atoms with van der Waals surface area (Å²) in [6, 6.07) is 18.6. The van der Waals surface area contributed by atoms with Crippen LogP contribution >= 0.6 is 11.8 Å². The molecule has 0 bridgehead atoms. The number of urea groups is 1. The molecule has 3 amide bonds. The maximum atomic E-state index is 14.1. The monoisotopic (exact) mass is 479 g/mol. The Morgan fingerprint density at radius 2 is 1.59 bits per heavy atom. The number of carbonyl (C=O) groups is 2. The Kier molecular flexibility index (Phi) is 5.36. The fourth-order valence-electron chi connectivity index (χ4n) is 4.61. The van der Waals surface area contributed by atoms with Crippen LogP contribution in [0.2, 0.25) is 0 Å². The number of hydrogen-bond acceptors (Lipinski definition) is 3. The van der Waals surface area contributed by atoms with Crippen LogP contribution in [-0.2, 0) is 16.2 Å². The number of anilines is 2. The van der Waals surface area contributed by atoms with Crippen molar-refractivity contribution in [3.63, 3.8) is 0 Å². The van der Waals surface area contributed by atoms with Crippen molar-refractivity contribution < 1.29 is 18.4 Å². The normalized spacial score (nSPS) is 20.6. The van der Waals surface area contributed by atoms with Crippen molar-refractivity contribution in [2.24, 2.45) is 0 Å². The molecule has 5 nitrogen and oxygen atoms in total. The van der Waals surface area contributed by atoms with Crippen LogP contribution in [0.5, 0.6) is 0 Å². The molecule has 0 aliphatic carbocycles. The molecule has 0 unspecified atom stereocenters. The highest BCUT2D eigenvalue weighted by Gasteiger charge is 2.63. The largest absolute Gasteiger partial charge is 0.323 e. The van der Waals surface area contributed by atoms with E-state index in [4.69, 9.17) is 0 Å². The number of nitrogens with zero attached hydrogens (tertiary/aromatic N) is 2. The molecule has 8 heteroatoms. The van der Waals surface area contributed by atoms with Crippen molar-refractivity contribution in [1.82, 2.24) is 4.90 Å². The molecule has 34 heavy (non-hydrogen) atoms. The summed E-state index contributed by atoms with van der Waals surface area (Å²) in [5.74, 6) is -0.961. The summed E-state index contributed by atoms with van der Waals surface area (Å²) < 4.78 is 26.4. The second-order valence-electron chi connectivity index (χ2n) is 9.06. The van der Waals surface area contributed by atoms with Crippen molar-refractivity contribution in [3.8, 4) is 0 Å². The summed E-state index contributed by atoms with van der Waals surface area (Å²) in [5, 5.41) is 2.82. The van der Waals surface area contributed by atoms with Crippen LogP contribution in [-0.4, -0.2) is 28.1 Å². The molecule has 2 aliphatic heterocycles. The van der Waals surface area contributed by atoms with E-state index in [1.807, 2.05) is 38.1 Å². The van der Waals surface area contributed by atoms with Gasteiger partial charge in [-0.05, 0) is 61.9 Å². The summed E-state index contributed by atoms with van der Waals surface area (Å²) in [5.41, 5.74) is 2.69. The molecule has 174 valence electrons. The fourth-order valence-corrected chi connectivity index (χ4v) is 6.34. The topological polar surface area (TPSA) is 52.7 Å². The molecule has 1 saturated heterocycles. The van der Waals surface area contributed by atoms with Gasteiger partial charge >= 0.3 is 6.03 Å². The van der Waals surface area contributed by atoms with Gasteiger partial charge in [0.25, 0.3) is 5.91 Å². The lowest BCUT2D eigenvalue weighted by Gasteiger charge is -2.33. The van der Waals surface area contributed by atoms with Gasteiger partial charge in [-0.1, -0.05) is 30.3 Å². The number of carbonyl (C=O) groups excluding carboxylic acids is 2. The minimum Gasteiger partial charge on any atom is -0.308 e. The zero-order valence-corrected chi connectivity index (χ0v) is 19.5. The average Bonchev–Trinajstić information content (AvgIpc) is 3.23. The van der Waals surface area contributed by atoms with E-state index in [1.165, 1.54) is 48.2 Å². The Bertz CT molecular complexity index is 1260. The molecular formula is C26H23F2N3O2S. The van der Waals surface area contributed by atoms with E-state index < -0.39 is 21.5 Å². The first-order valence-electron chi connectivity index (χ1n) is 10.9. The number of nitrogens with one attached hydrogen (secondary N) is 1. The molecule has 1 fully saturated rings. The highest BCUT2D eigenvalue weighted by Crippen LogP contribution is 2.59. The minimum atomic E-state index is -1.25. The third kappa shape index (κ3) is 3.72. The predicted octanol–water partition coefficient (Wildman–Crippen LogP) is 5.72. The van der Waals surface area contributed by atoms with E-state index in [-0.39, 0.29) is 18.3 Å². The standard InChI is InChI=1S/C26H23F2N3O2S/c1-25(2)16-31(24(33)29-20-13-11-19(28)12-14-20)26(34-25)21-5-3-4-6-22(21)30(23(26)32)15-17-7-9-18(27)10-8-17/h3-14H,15-16H2,1-2H3,(H,29,33)/t26-/m0/s1. The van der Waals surface area contributed by atoms with Gasteiger partial charge in [0.05, 0.1) is 12.2 Å². The molecule has 2 aliphatic rings. The van der Waals surface area contributed by atoms with Crippen molar-refractivity contribution in [1.29, 1.82) is 0 Å². The molecule has 1 spiro atoms. The lowest BCUT2D eigenvalue weighted by atomic mass is 10.1. The van der Waals surface area contributed by atoms with Gasteiger partial charge < -0.3 is 10.2 Å². The van der Waals surface area contributed by atoms with Gasteiger partial charge in [0, 0.05) is 22.5 Å². The minimum absolute atomic E-state index is 0.220. The first-order valence-corrected chi connectivity index (χ1v) is 11.7. The molecule has 0 saturated carbocycles. The van der Waals surface area contributed by atoms with Gasteiger partial charge in [0.1, 0.15) is 11.6 Å². The maximum absolute atomic E-state index is 14.1. The van der Waals surface area contributed by atoms with Crippen molar-refractivity contribution in [2.75, 3.05) is 16.8 Å². The number of hydrogen-bond donors (Lipinski definition) is 1. The summed E-state index contributed by atoms with van der Waals surface area (Å²) in [4.78, 5) is 29.6. The molecule has 0 aromatic heterocycles. The summed E-state index contributed by atoms with van der Waals surface area (Å²) in [6.45, 7) is 4.60. The number of thioether (sulfide) groups is 1. The summed E-state index contributed by atoms with van der Waals surface area (Å²) >= 11 is 1.45. The summed E-state index contributed by atoms with van der Waals surface area (Å²) in [7, 11) is 0. The lowest BCUT2D eigenvalue weighted by molar-refractivity contribution is -0.123. The Hall–Kier alpha value is -3.39. The number of halogens is 2. The highest BCUT2D eigenvalue weighted by atomic mass is 32.2. The van der Waals surface area contributed by atoms with Gasteiger partial charge in [0.2, 0.25) is 0 Å². The molecular weight excluding hydrogens is 456 g/mol. The second-order valence-corrected chi connectivity index (χ2v) is 11.0. The number of benzene rings is 3. The van der Waals surface area contributed by atoms with Crippen molar-refractivity contribution >= 4 is 35.1 Å². The Morgan fingerprint density at radius 1 is 0.971 bits per heavy atom. The first-order chi connectivity index (χ1) is 16.2. The molecule has 3 aromatic rings. The van der Waals surface area contributed by atoms with E-state index in [2.05, 4.69) is 5.32 Å². The van der Waals surface area contributed by atoms with Gasteiger partial charge in [-0.2, -0.15) is 0 Å². The van der Waals surface area contributed by atoms with Crippen LogP contribution < -0.4 is 10.2 Å². The number of fused-ring (bicyclic) bond motifs is 2. The molecule has 1 atom stereocenters.